The van der Waals surface area contributed by atoms with Gasteiger partial charge in [0.15, 0.2) is 0 Å². The topological polar surface area (TPSA) is 69.8 Å². The summed E-state index contributed by atoms with van der Waals surface area (Å²) in [5.41, 5.74) is 1.15. The van der Waals surface area contributed by atoms with E-state index in [-0.39, 0.29) is 13.2 Å². The first-order chi connectivity index (χ1) is 8.73. The lowest BCUT2D eigenvalue weighted by molar-refractivity contribution is 0.0861. The van der Waals surface area contributed by atoms with Gasteiger partial charge < -0.3 is 19.9 Å². The molecule has 2 heterocycles. The summed E-state index contributed by atoms with van der Waals surface area (Å²) in [4.78, 5) is 4.46. The van der Waals surface area contributed by atoms with E-state index in [4.69, 9.17) is 0 Å². The summed E-state index contributed by atoms with van der Waals surface area (Å²) in [7, 11) is 0. The zero-order valence-electron chi connectivity index (χ0n) is 10.5. The maximum absolute atomic E-state index is 9.35. The van der Waals surface area contributed by atoms with E-state index in [1.807, 2.05) is 41.9 Å². The van der Waals surface area contributed by atoms with E-state index >= 15 is 0 Å². The maximum Gasteiger partial charge on any atom is 0.137 e. The normalized spacial score (nSPS) is 12.2. The first-order valence-corrected chi connectivity index (χ1v) is 6.12. The van der Waals surface area contributed by atoms with Crippen molar-refractivity contribution in [3.05, 3.63) is 36.3 Å². The number of pyridine rings is 1. The van der Waals surface area contributed by atoms with Crippen molar-refractivity contribution in [2.45, 2.75) is 25.4 Å². The van der Waals surface area contributed by atoms with Gasteiger partial charge in [-0.05, 0) is 18.6 Å². The fourth-order valence-corrected chi connectivity index (χ4v) is 1.86. The second-order valence-electron chi connectivity index (χ2n) is 4.50. The molecular formula is C13H19N3O2. The third-order valence-corrected chi connectivity index (χ3v) is 3.34. The van der Waals surface area contributed by atoms with Crippen LogP contribution in [0.25, 0.3) is 5.65 Å². The number of aliphatic hydroxyl groups excluding tert-OH is 2. The van der Waals surface area contributed by atoms with Crippen molar-refractivity contribution < 1.29 is 10.2 Å². The highest BCUT2D eigenvalue weighted by molar-refractivity contribution is 5.39. The van der Waals surface area contributed by atoms with Crippen LogP contribution in [-0.2, 0) is 6.54 Å². The van der Waals surface area contributed by atoms with Crippen LogP contribution in [0.1, 0.15) is 19.0 Å². The maximum atomic E-state index is 9.35. The Hall–Kier alpha value is -1.43. The molecule has 0 saturated heterocycles. The Balaban J connectivity index is 2.09. The predicted octanol–water partition coefficient (Wildman–Crippen LogP) is 0.557. The molecule has 0 fully saturated rings. The van der Waals surface area contributed by atoms with Crippen molar-refractivity contribution in [1.82, 2.24) is 14.7 Å². The Kier molecular flexibility index (Phi) is 3.96. The van der Waals surface area contributed by atoms with Crippen molar-refractivity contribution >= 4 is 5.65 Å². The molecule has 0 saturated carbocycles. The molecule has 2 aromatic rings. The van der Waals surface area contributed by atoms with Crippen LogP contribution in [0.3, 0.4) is 0 Å². The number of nitrogens with zero attached hydrogens (tertiary/aromatic N) is 2. The minimum absolute atomic E-state index is 0.0899. The quantitative estimate of drug-likeness (QED) is 0.699. The van der Waals surface area contributed by atoms with Crippen LogP contribution >= 0.6 is 0 Å². The van der Waals surface area contributed by atoms with Gasteiger partial charge in [0.2, 0.25) is 0 Å². The molecule has 0 unspecified atom stereocenters. The summed E-state index contributed by atoms with van der Waals surface area (Å²) in [5.74, 6) is 0. The number of aliphatic hydroxyl groups is 2. The minimum Gasteiger partial charge on any atom is -0.394 e. The molecule has 0 aromatic carbocycles. The highest BCUT2D eigenvalue weighted by atomic mass is 16.3. The number of rotatable bonds is 6. The molecule has 0 bridgehead atoms. The van der Waals surface area contributed by atoms with E-state index in [1.54, 1.807) is 0 Å². The lowest BCUT2D eigenvalue weighted by atomic mass is 9.98. The van der Waals surface area contributed by atoms with Crippen molar-refractivity contribution in [2.75, 3.05) is 13.2 Å². The van der Waals surface area contributed by atoms with E-state index in [1.165, 1.54) is 0 Å². The standard InChI is InChI=1S/C13H19N3O2/c1-2-13(9-17,10-18)14-7-11-8-16-6-4-3-5-12(16)15-11/h3-6,8,14,17-18H,2,7,9-10H2,1H3. The number of imidazole rings is 1. The first kappa shape index (κ1) is 13.0. The Bertz CT molecular complexity index is 464. The van der Waals surface area contributed by atoms with Gasteiger partial charge >= 0.3 is 0 Å². The second-order valence-corrected chi connectivity index (χ2v) is 4.50. The van der Waals surface area contributed by atoms with Gasteiger partial charge in [-0.1, -0.05) is 13.0 Å². The smallest absolute Gasteiger partial charge is 0.137 e. The largest absolute Gasteiger partial charge is 0.394 e. The molecule has 0 radical (unpaired) electrons. The lowest BCUT2D eigenvalue weighted by Gasteiger charge is -2.29. The molecular weight excluding hydrogens is 230 g/mol. The zero-order valence-corrected chi connectivity index (χ0v) is 10.5. The molecule has 0 amide bonds. The van der Waals surface area contributed by atoms with Crippen LogP contribution in [0, 0.1) is 0 Å². The van der Waals surface area contributed by atoms with Gasteiger partial charge in [-0.2, -0.15) is 0 Å². The monoisotopic (exact) mass is 249 g/mol. The third-order valence-electron chi connectivity index (χ3n) is 3.34. The molecule has 3 N–H and O–H groups in total. The molecule has 5 nitrogen and oxygen atoms in total. The van der Waals surface area contributed by atoms with Crippen molar-refractivity contribution in [3.8, 4) is 0 Å². The number of nitrogens with one attached hydrogen (secondary N) is 1. The molecule has 2 aromatic heterocycles. The van der Waals surface area contributed by atoms with Gasteiger partial charge in [0.05, 0.1) is 24.4 Å². The summed E-state index contributed by atoms with van der Waals surface area (Å²) in [6.07, 6.45) is 4.54. The van der Waals surface area contributed by atoms with Gasteiger partial charge in [-0.3, -0.25) is 0 Å². The number of hydrogen-bond donors (Lipinski definition) is 3. The van der Waals surface area contributed by atoms with Gasteiger partial charge in [-0.15, -0.1) is 0 Å². The van der Waals surface area contributed by atoms with Crippen LogP contribution in [-0.4, -0.2) is 38.4 Å². The summed E-state index contributed by atoms with van der Waals surface area (Å²) in [5, 5.41) is 21.9. The summed E-state index contributed by atoms with van der Waals surface area (Å²) in [6.45, 7) is 2.28. The average Bonchev–Trinajstić information content (AvgIpc) is 2.84. The number of fused-ring (bicyclic) bond motifs is 1. The van der Waals surface area contributed by atoms with Gasteiger partial charge in [0.25, 0.3) is 0 Å². The lowest BCUT2D eigenvalue weighted by Crippen LogP contribution is -2.50. The zero-order chi connectivity index (χ0) is 13.0. The van der Waals surface area contributed by atoms with Crippen molar-refractivity contribution in [3.63, 3.8) is 0 Å². The van der Waals surface area contributed by atoms with Crippen LogP contribution in [0.5, 0.6) is 0 Å². The van der Waals surface area contributed by atoms with Gasteiger partial charge in [0, 0.05) is 18.9 Å². The van der Waals surface area contributed by atoms with Crippen LogP contribution in [0.15, 0.2) is 30.6 Å². The average molecular weight is 249 g/mol. The molecule has 5 heteroatoms. The molecule has 0 spiro atoms. The van der Waals surface area contributed by atoms with E-state index in [0.717, 1.165) is 11.3 Å². The fourth-order valence-electron chi connectivity index (χ4n) is 1.86. The molecule has 18 heavy (non-hydrogen) atoms. The van der Waals surface area contributed by atoms with Crippen molar-refractivity contribution in [1.29, 1.82) is 0 Å². The summed E-state index contributed by atoms with van der Waals surface area (Å²) in [6, 6.07) is 5.83. The Morgan fingerprint density at radius 2 is 2.11 bits per heavy atom. The first-order valence-electron chi connectivity index (χ1n) is 6.12. The highest BCUT2D eigenvalue weighted by Crippen LogP contribution is 2.11. The Morgan fingerprint density at radius 1 is 1.33 bits per heavy atom. The second kappa shape index (κ2) is 5.48. The van der Waals surface area contributed by atoms with Gasteiger partial charge in [-0.25, -0.2) is 4.98 Å². The minimum atomic E-state index is -0.629. The molecule has 2 rings (SSSR count). The molecule has 98 valence electrons. The highest BCUT2D eigenvalue weighted by Gasteiger charge is 2.25. The van der Waals surface area contributed by atoms with Crippen LogP contribution < -0.4 is 5.32 Å². The molecule has 0 aliphatic heterocycles. The number of hydrogen-bond acceptors (Lipinski definition) is 4. The SMILES string of the molecule is CCC(CO)(CO)NCc1cn2ccccc2n1. The number of aromatic nitrogens is 2. The predicted molar refractivity (Wildman–Crippen MR) is 69.2 cm³/mol. The molecule has 0 atom stereocenters. The van der Waals surface area contributed by atoms with Crippen LogP contribution in [0.2, 0.25) is 0 Å². The summed E-state index contributed by atoms with van der Waals surface area (Å²) < 4.78 is 1.95. The Morgan fingerprint density at radius 3 is 2.72 bits per heavy atom. The summed E-state index contributed by atoms with van der Waals surface area (Å²) >= 11 is 0. The van der Waals surface area contributed by atoms with E-state index in [2.05, 4.69) is 10.3 Å². The van der Waals surface area contributed by atoms with E-state index < -0.39 is 5.54 Å². The fraction of sp³-hybridized carbons (Fsp3) is 0.462. The van der Waals surface area contributed by atoms with Crippen molar-refractivity contribution in [2.24, 2.45) is 0 Å². The molecule has 0 aliphatic rings. The van der Waals surface area contributed by atoms with Gasteiger partial charge in [0.1, 0.15) is 5.65 Å². The van der Waals surface area contributed by atoms with E-state index in [9.17, 15) is 10.2 Å². The van der Waals surface area contributed by atoms with E-state index in [0.29, 0.717) is 13.0 Å². The third kappa shape index (κ3) is 2.53. The van der Waals surface area contributed by atoms with Crippen LogP contribution in [0.4, 0.5) is 0 Å². The Labute approximate surface area is 106 Å². The molecule has 0 aliphatic carbocycles.